The third kappa shape index (κ3) is 2.17. The SMILES string of the molecule is FC1=CCC(C2CNCCN2)C=C1. The first-order valence-corrected chi connectivity index (χ1v) is 4.84. The molecule has 0 aromatic rings. The van der Waals surface area contributed by atoms with Gasteiger partial charge in [-0.25, -0.2) is 4.39 Å². The van der Waals surface area contributed by atoms with E-state index in [4.69, 9.17) is 0 Å². The van der Waals surface area contributed by atoms with Gasteiger partial charge in [-0.1, -0.05) is 6.08 Å². The van der Waals surface area contributed by atoms with Crippen molar-refractivity contribution in [1.82, 2.24) is 10.6 Å². The van der Waals surface area contributed by atoms with Crippen LogP contribution in [0.3, 0.4) is 0 Å². The van der Waals surface area contributed by atoms with Gasteiger partial charge < -0.3 is 10.6 Å². The summed E-state index contributed by atoms with van der Waals surface area (Å²) in [4.78, 5) is 0. The first-order valence-electron chi connectivity index (χ1n) is 4.84. The molecule has 0 amide bonds. The van der Waals surface area contributed by atoms with E-state index in [0.717, 1.165) is 26.1 Å². The Bertz CT molecular complexity index is 229. The average Bonchev–Trinajstić information content (AvgIpc) is 2.20. The van der Waals surface area contributed by atoms with Gasteiger partial charge in [-0.3, -0.25) is 0 Å². The third-order valence-corrected chi connectivity index (χ3v) is 2.68. The van der Waals surface area contributed by atoms with Crippen molar-refractivity contribution in [2.45, 2.75) is 12.5 Å². The van der Waals surface area contributed by atoms with Crippen LogP contribution in [0.1, 0.15) is 6.42 Å². The van der Waals surface area contributed by atoms with Crippen LogP contribution in [-0.4, -0.2) is 25.7 Å². The summed E-state index contributed by atoms with van der Waals surface area (Å²) in [6, 6.07) is 0.467. The van der Waals surface area contributed by atoms with Crippen LogP contribution in [0.5, 0.6) is 0 Å². The molecule has 2 aliphatic rings. The molecule has 1 heterocycles. The normalized spacial score (nSPS) is 34.4. The Balaban J connectivity index is 1.91. The van der Waals surface area contributed by atoms with Gasteiger partial charge in [0.1, 0.15) is 5.83 Å². The van der Waals surface area contributed by atoms with Crippen molar-refractivity contribution < 1.29 is 4.39 Å². The fraction of sp³-hybridized carbons (Fsp3) is 0.600. The quantitative estimate of drug-likeness (QED) is 0.631. The van der Waals surface area contributed by atoms with Gasteiger partial charge in [-0.2, -0.15) is 0 Å². The average molecular weight is 182 g/mol. The summed E-state index contributed by atoms with van der Waals surface area (Å²) in [5.41, 5.74) is 0. The fourth-order valence-corrected chi connectivity index (χ4v) is 1.89. The van der Waals surface area contributed by atoms with Crippen molar-refractivity contribution in [3.63, 3.8) is 0 Å². The van der Waals surface area contributed by atoms with Crippen LogP contribution in [0.15, 0.2) is 24.1 Å². The van der Waals surface area contributed by atoms with Gasteiger partial charge in [0.05, 0.1) is 0 Å². The zero-order valence-corrected chi connectivity index (χ0v) is 7.59. The molecule has 1 fully saturated rings. The summed E-state index contributed by atoms with van der Waals surface area (Å²) in [7, 11) is 0. The summed E-state index contributed by atoms with van der Waals surface area (Å²) in [5, 5.41) is 6.77. The number of piperazine rings is 1. The maximum Gasteiger partial charge on any atom is 0.118 e. The lowest BCUT2D eigenvalue weighted by atomic mass is 9.91. The van der Waals surface area contributed by atoms with E-state index in [1.807, 2.05) is 6.08 Å². The van der Waals surface area contributed by atoms with Crippen molar-refractivity contribution in [3.05, 3.63) is 24.1 Å². The Morgan fingerprint density at radius 2 is 2.31 bits per heavy atom. The largest absolute Gasteiger partial charge is 0.314 e. The number of allylic oxidation sites excluding steroid dienone is 3. The van der Waals surface area contributed by atoms with E-state index in [-0.39, 0.29) is 5.83 Å². The molecule has 0 radical (unpaired) electrons. The molecule has 0 spiro atoms. The number of hydrogen-bond acceptors (Lipinski definition) is 2. The molecule has 1 aliphatic heterocycles. The third-order valence-electron chi connectivity index (χ3n) is 2.68. The molecular weight excluding hydrogens is 167 g/mol. The Kier molecular flexibility index (Phi) is 2.76. The van der Waals surface area contributed by atoms with E-state index in [1.165, 1.54) is 0 Å². The molecule has 1 aliphatic carbocycles. The van der Waals surface area contributed by atoms with Gasteiger partial charge in [0, 0.05) is 25.7 Å². The van der Waals surface area contributed by atoms with E-state index in [1.54, 1.807) is 12.2 Å². The molecule has 0 aromatic heterocycles. The zero-order chi connectivity index (χ0) is 9.10. The van der Waals surface area contributed by atoms with E-state index < -0.39 is 0 Å². The van der Waals surface area contributed by atoms with E-state index in [9.17, 15) is 4.39 Å². The van der Waals surface area contributed by atoms with Crippen LogP contribution in [0.25, 0.3) is 0 Å². The number of halogens is 1. The van der Waals surface area contributed by atoms with Crippen LogP contribution in [-0.2, 0) is 0 Å². The van der Waals surface area contributed by atoms with Crippen LogP contribution in [0, 0.1) is 5.92 Å². The summed E-state index contributed by atoms with van der Waals surface area (Å²) in [5.74, 6) is 0.354. The lowest BCUT2D eigenvalue weighted by Gasteiger charge is -2.30. The molecule has 13 heavy (non-hydrogen) atoms. The van der Waals surface area contributed by atoms with Gasteiger partial charge in [0.15, 0.2) is 0 Å². The predicted molar refractivity (Wildman–Crippen MR) is 51.1 cm³/mol. The molecule has 0 aromatic carbocycles. The second kappa shape index (κ2) is 4.03. The molecule has 1 saturated heterocycles. The molecule has 2 rings (SSSR count). The van der Waals surface area contributed by atoms with Crippen molar-refractivity contribution in [1.29, 1.82) is 0 Å². The van der Waals surface area contributed by atoms with Crippen molar-refractivity contribution in [2.24, 2.45) is 5.92 Å². The fourth-order valence-electron chi connectivity index (χ4n) is 1.89. The Labute approximate surface area is 77.9 Å². The van der Waals surface area contributed by atoms with Gasteiger partial charge >= 0.3 is 0 Å². The van der Waals surface area contributed by atoms with Gasteiger partial charge in [0.25, 0.3) is 0 Å². The first kappa shape index (κ1) is 8.91. The number of nitrogens with one attached hydrogen (secondary N) is 2. The van der Waals surface area contributed by atoms with Crippen molar-refractivity contribution in [3.8, 4) is 0 Å². The number of hydrogen-bond donors (Lipinski definition) is 2. The summed E-state index contributed by atoms with van der Waals surface area (Å²) in [6.07, 6.45) is 6.03. The van der Waals surface area contributed by atoms with E-state index in [2.05, 4.69) is 10.6 Å². The maximum absolute atomic E-state index is 12.7. The highest BCUT2D eigenvalue weighted by molar-refractivity contribution is 5.19. The molecule has 72 valence electrons. The monoisotopic (exact) mass is 182 g/mol. The summed E-state index contributed by atoms with van der Waals surface area (Å²) < 4.78 is 12.7. The van der Waals surface area contributed by atoms with Crippen LogP contribution < -0.4 is 10.6 Å². The molecule has 3 heteroatoms. The predicted octanol–water partition coefficient (Wildman–Crippen LogP) is 0.977. The van der Waals surface area contributed by atoms with E-state index >= 15 is 0 Å². The lowest BCUT2D eigenvalue weighted by Crippen LogP contribution is -2.51. The molecule has 2 unspecified atom stereocenters. The van der Waals surface area contributed by atoms with Crippen molar-refractivity contribution >= 4 is 0 Å². The van der Waals surface area contributed by atoms with E-state index in [0.29, 0.717) is 12.0 Å². The smallest absolute Gasteiger partial charge is 0.118 e. The molecule has 2 N–H and O–H groups in total. The molecule has 2 atom stereocenters. The maximum atomic E-state index is 12.7. The van der Waals surface area contributed by atoms with Crippen LogP contribution in [0.4, 0.5) is 4.39 Å². The minimum Gasteiger partial charge on any atom is -0.314 e. The van der Waals surface area contributed by atoms with Gasteiger partial charge in [-0.05, 0) is 24.5 Å². The molecular formula is C10H15FN2. The Hall–Kier alpha value is -0.670. The van der Waals surface area contributed by atoms with Gasteiger partial charge in [-0.15, -0.1) is 0 Å². The lowest BCUT2D eigenvalue weighted by molar-refractivity contribution is 0.346. The molecule has 2 nitrogen and oxygen atoms in total. The number of rotatable bonds is 1. The highest BCUT2D eigenvalue weighted by Gasteiger charge is 2.21. The summed E-state index contributed by atoms with van der Waals surface area (Å²) >= 11 is 0. The minimum absolute atomic E-state index is 0.0972. The second-order valence-electron chi connectivity index (χ2n) is 3.61. The standard InChI is InChI=1S/C10H15FN2/c11-9-3-1-8(2-4-9)10-7-12-5-6-13-10/h1,3-4,8,10,12-13H,2,5-7H2. The molecule has 0 saturated carbocycles. The Morgan fingerprint density at radius 3 is 2.92 bits per heavy atom. The minimum atomic E-state index is -0.0972. The van der Waals surface area contributed by atoms with Crippen LogP contribution >= 0.6 is 0 Å². The molecule has 0 bridgehead atoms. The summed E-state index contributed by atoms with van der Waals surface area (Å²) in [6.45, 7) is 3.04. The van der Waals surface area contributed by atoms with Crippen molar-refractivity contribution in [2.75, 3.05) is 19.6 Å². The van der Waals surface area contributed by atoms with Gasteiger partial charge in [0.2, 0.25) is 0 Å². The Morgan fingerprint density at radius 1 is 1.38 bits per heavy atom. The second-order valence-corrected chi connectivity index (χ2v) is 3.61. The zero-order valence-electron chi connectivity index (χ0n) is 7.59. The topological polar surface area (TPSA) is 24.1 Å². The van der Waals surface area contributed by atoms with Crippen LogP contribution in [0.2, 0.25) is 0 Å². The highest BCUT2D eigenvalue weighted by Crippen LogP contribution is 2.20. The first-order chi connectivity index (χ1) is 6.36. The highest BCUT2D eigenvalue weighted by atomic mass is 19.1.